The lowest BCUT2D eigenvalue weighted by Gasteiger charge is -2.04. The van der Waals surface area contributed by atoms with Crippen molar-refractivity contribution in [2.45, 2.75) is 19.8 Å². The van der Waals surface area contributed by atoms with Crippen LogP contribution in [0.3, 0.4) is 0 Å². The normalized spacial score (nSPS) is 10.3. The van der Waals surface area contributed by atoms with Crippen molar-refractivity contribution in [1.82, 2.24) is 14.9 Å². The summed E-state index contributed by atoms with van der Waals surface area (Å²) in [6.45, 7) is 4.12. The first-order valence-corrected chi connectivity index (χ1v) is 5.59. The number of hydrogen-bond acceptors (Lipinski definition) is 5. The van der Waals surface area contributed by atoms with Gasteiger partial charge in [0, 0.05) is 0 Å². The van der Waals surface area contributed by atoms with E-state index in [0.29, 0.717) is 10.6 Å². The van der Waals surface area contributed by atoms with E-state index in [9.17, 15) is 4.79 Å². The summed E-state index contributed by atoms with van der Waals surface area (Å²) in [5.41, 5.74) is 5.99. The van der Waals surface area contributed by atoms with Crippen LogP contribution in [-0.2, 0) is 0 Å². The van der Waals surface area contributed by atoms with Crippen molar-refractivity contribution >= 4 is 34.6 Å². The van der Waals surface area contributed by atoms with E-state index in [0.717, 1.165) is 11.5 Å². The van der Waals surface area contributed by atoms with Gasteiger partial charge in [-0.3, -0.25) is 4.79 Å². The average Bonchev–Trinajstić information content (AvgIpc) is 2.62. The van der Waals surface area contributed by atoms with Crippen LogP contribution in [0.5, 0.6) is 0 Å². The van der Waals surface area contributed by atoms with Gasteiger partial charge >= 0.3 is 0 Å². The number of thiocarbonyl (C=S) groups is 1. The minimum atomic E-state index is -0.221. The number of carbonyl (C=O) groups is 1. The Bertz CT molecular complexity index is 374. The minimum absolute atomic E-state index is 0.175. The fraction of sp³-hybridized carbons (Fsp3) is 0.500. The Labute approximate surface area is 97.2 Å². The van der Waals surface area contributed by atoms with E-state index in [1.165, 1.54) is 0 Å². The Morgan fingerprint density at radius 3 is 2.87 bits per heavy atom. The van der Waals surface area contributed by atoms with Crippen molar-refractivity contribution in [3.63, 3.8) is 0 Å². The van der Waals surface area contributed by atoms with E-state index < -0.39 is 0 Å². The molecule has 0 aliphatic heterocycles. The highest BCUT2D eigenvalue weighted by Crippen LogP contribution is 2.19. The SMILES string of the molecule is CC(C)c1nnsc1C(=O)NCC(N)=S. The van der Waals surface area contributed by atoms with E-state index >= 15 is 0 Å². The first-order valence-electron chi connectivity index (χ1n) is 4.41. The molecule has 0 aliphatic carbocycles. The third-order valence-corrected chi connectivity index (χ3v) is 2.57. The molecule has 15 heavy (non-hydrogen) atoms. The highest BCUT2D eigenvalue weighted by molar-refractivity contribution is 7.80. The van der Waals surface area contributed by atoms with Crippen LogP contribution in [0, 0.1) is 0 Å². The molecule has 1 aromatic rings. The van der Waals surface area contributed by atoms with Crippen molar-refractivity contribution in [2.75, 3.05) is 6.54 Å². The van der Waals surface area contributed by atoms with Crippen LogP contribution in [-0.4, -0.2) is 27.0 Å². The lowest BCUT2D eigenvalue weighted by atomic mass is 10.1. The molecule has 0 atom stereocenters. The van der Waals surface area contributed by atoms with E-state index in [2.05, 4.69) is 27.1 Å². The smallest absolute Gasteiger partial charge is 0.265 e. The minimum Gasteiger partial charge on any atom is -0.392 e. The second-order valence-corrected chi connectivity index (χ2v) is 4.57. The number of nitrogens with two attached hydrogens (primary N) is 1. The predicted octanol–water partition coefficient (Wildman–Crippen LogP) is 0.677. The van der Waals surface area contributed by atoms with Crippen LogP contribution in [0.4, 0.5) is 0 Å². The molecule has 0 unspecified atom stereocenters. The van der Waals surface area contributed by atoms with Gasteiger partial charge in [0.1, 0.15) is 4.88 Å². The van der Waals surface area contributed by atoms with Crippen LogP contribution in [0.2, 0.25) is 0 Å². The second kappa shape index (κ2) is 5.13. The summed E-state index contributed by atoms with van der Waals surface area (Å²) in [5, 5.41) is 6.51. The third kappa shape index (κ3) is 3.21. The lowest BCUT2D eigenvalue weighted by molar-refractivity contribution is 0.0962. The Balaban J connectivity index is 2.73. The molecule has 1 rings (SSSR count). The molecule has 1 aromatic heterocycles. The van der Waals surface area contributed by atoms with Crippen LogP contribution in [0.1, 0.15) is 35.1 Å². The summed E-state index contributed by atoms with van der Waals surface area (Å²) in [7, 11) is 0. The van der Waals surface area contributed by atoms with Crippen molar-refractivity contribution in [1.29, 1.82) is 0 Å². The largest absolute Gasteiger partial charge is 0.392 e. The molecule has 0 aromatic carbocycles. The van der Waals surface area contributed by atoms with Crippen molar-refractivity contribution < 1.29 is 4.79 Å². The Morgan fingerprint density at radius 1 is 1.67 bits per heavy atom. The maximum atomic E-state index is 11.6. The fourth-order valence-corrected chi connectivity index (χ4v) is 1.79. The maximum absolute atomic E-state index is 11.6. The molecule has 3 N–H and O–H groups in total. The first kappa shape index (κ1) is 12.0. The van der Waals surface area contributed by atoms with E-state index in [1.807, 2.05) is 13.8 Å². The van der Waals surface area contributed by atoms with Crippen LogP contribution in [0.15, 0.2) is 0 Å². The van der Waals surface area contributed by atoms with Crippen LogP contribution < -0.4 is 11.1 Å². The number of nitrogens with one attached hydrogen (secondary N) is 1. The zero-order valence-electron chi connectivity index (χ0n) is 8.48. The molecule has 0 spiro atoms. The van der Waals surface area contributed by atoms with E-state index in [1.54, 1.807) is 0 Å². The summed E-state index contributed by atoms with van der Waals surface area (Å²) in [4.78, 5) is 12.4. The molecule has 5 nitrogen and oxygen atoms in total. The zero-order chi connectivity index (χ0) is 11.4. The van der Waals surface area contributed by atoms with Crippen LogP contribution >= 0.6 is 23.8 Å². The summed E-state index contributed by atoms with van der Waals surface area (Å²) in [6, 6.07) is 0. The Hall–Kier alpha value is -1.08. The van der Waals surface area contributed by atoms with E-state index in [4.69, 9.17) is 5.73 Å². The van der Waals surface area contributed by atoms with Gasteiger partial charge in [0.15, 0.2) is 0 Å². The topological polar surface area (TPSA) is 80.9 Å². The molecule has 0 saturated carbocycles. The van der Waals surface area contributed by atoms with Gasteiger partial charge in [-0.2, -0.15) is 0 Å². The average molecular weight is 244 g/mol. The van der Waals surface area contributed by atoms with Crippen LogP contribution in [0.25, 0.3) is 0 Å². The van der Waals surface area contributed by atoms with Gasteiger partial charge in [-0.05, 0) is 17.5 Å². The molecule has 1 heterocycles. The van der Waals surface area contributed by atoms with Gasteiger partial charge in [-0.15, -0.1) is 5.10 Å². The molecule has 82 valence electrons. The standard InChI is InChI=1S/C8H12N4OS2/c1-4(2)6-7(15-12-11-6)8(13)10-3-5(9)14/h4H,3H2,1-2H3,(H2,9,14)(H,10,13). The summed E-state index contributed by atoms with van der Waals surface area (Å²) in [5.74, 6) is -0.0455. The molecule has 1 amide bonds. The number of amides is 1. The number of hydrogen-bond donors (Lipinski definition) is 2. The molecule has 0 radical (unpaired) electrons. The molecule has 0 bridgehead atoms. The second-order valence-electron chi connectivity index (χ2n) is 3.29. The van der Waals surface area contributed by atoms with Gasteiger partial charge < -0.3 is 11.1 Å². The van der Waals surface area contributed by atoms with Gasteiger partial charge in [0.2, 0.25) is 0 Å². The number of carbonyl (C=O) groups excluding carboxylic acids is 1. The van der Waals surface area contributed by atoms with Gasteiger partial charge in [0.25, 0.3) is 5.91 Å². The van der Waals surface area contributed by atoms with Gasteiger partial charge in [-0.25, -0.2) is 0 Å². The van der Waals surface area contributed by atoms with Gasteiger partial charge in [0.05, 0.1) is 17.2 Å². The monoisotopic (exact) mass is 244 g/mol. The number of rotatable bonds is 4. The molecule has 0 saturated heterocycles. The molecule has 7 heteroatoms. The summed E-state index contributed by atoms with van der Waals surface area (Å²) in [6.07, 6.45) is 0. The maximum Gasteiger partial charge on any atom is 0.265 e. The zero-order valence-corrected chi connectivity index (χ0v) is 10.1. The van der Waals surface area contributed by atoms with Crippen molar-refractivity contribution in [3.8, 4) is 0 Å². The predicted molar refractivity (Wildman–Crippen MR) is 63.1 cm³/mol. The Kier molecular flexibility index (Phi) is 4.10. The quantitative estimate of drug-likeness (QED) is 0.761. The lowest BCUT2D eigenvalue weighted by Crippen LogP contribution is -2.32. The van der Waals surface area contributed by atoms with Gasteiger partial charge in [-0.1, -0.05) is 30.6 Å². The molecule has 0 aliphatic rings. The molecule has 0 fully saturated rings. The van der Waals surface area contributed by atoms with Crippen molar-refractivity contribution in [3.05, 3.63) is 10.6 Å². The highest BCUT2D eigenvalue weighted by Gasteiger charge is 2.18. The van der Waals surface area contributed by atoms with E-state index in [-0.39, 0.29) is 23.4 Å². The molecular formula is C8H12N4OS2. The third-order valence-electron chi connectivity index (χ3n) is 1.69. The van der Waals surface area contributed by atoms with Crippen molar-refractivity contribution in [2.24, 2.45) is 5.73 Å². The number of aromatic nitrogens is 2. The first-order chi connectivity index (χ1) is 7.02. The number of nitrogens with zero attached hydrogens (tertiary/aromatic N) is 2. The summed E-state index contributed by atoms with van der Waals surface area (Å²) < 4.78 is 3.76. The summed E-state index contributed by atoms with van der Waals surface area (Å²) >= 11 is 5.74. The molecular weight excluding hydrogens is 232 g/mol. The Morgan fingerprint density at radius 2 is 2.33 bits per heavy atom. The highest BCUT2D eigenvalue weighted by atomic mass is 32.1. The fourth-order valence-electron chi connectivity index (χ4n) is 0.981.